The molecule has 1 N–H and O–H groups in total. The molecule has 1 fully saturated rings. The van der Waals surface area contributed by atoms with Gasteiger partial charge in [-0.1, -0.05) is 13.0 Å². The van der Waals surface area contributed by atoms with Crippen LogP contribution < -0.4 is 0 Å². The number of aliphatic hydroxyl groups is 1. The van der Waals surface area contributed by atoms with Crippen molar-refractivity contribution in [2.24, 2.45) is 5.41 Å². The Kier molecular flexibility index (Phi) is 3.52. The molecule has 1 aliphatic heterocycles. The number of pyridine rings is 1. The Morgan fingerprint density at radius 2 is 2.30 bits per heavy atom. The van der Waals surface area contributed by atoms with E-state index < -0.39 is 0 Å². The maximum absolute atomic E-state index is 9.56. The number of aryl methyl sites for hydroxylation is 1. The molecule has 0 aliphatic carbocycles. The summed E-state index contributed by atoms with van der Waals surface area (Å²) in [5.74, 6) is 0. The monoisotopic (exact) mass is 273 g/mol. The number of hydrogen-bond acceptors (Lipinski definition) is 3. The normalized spacial score (nSPS) is 24.4. The average molecular weight is 273 g/mol. The van der Waals surface area contributed by atoms with Gasteiger partial charge in [0.05, 0.1) is 11.9 Å². The molecular formula is C16H23N3O. The lowest BCUT2D eigenvalue weighted by Crippen LogP contribution is -2.43. The molecular weight excluding hydrogens is 250 g/mol. The van der Waals surface area contributed by atoms with Crippen LogP contribution in [0, 0.1) is 12.3 Å². The lowest BCUT2D eigenvalue weighted by atomic mass is 9.83. The standard InChI is InChI=1S/C16H23N3O/c1-13-5-3-8-19-14(9-17-15(13)19)10-18-7-4-6-16(2,11-18)12-20/h3,5,8-9,20H,4,6-7,10-12H2,1-2H3. The van der Waals surface area contributed by atoms with Crippen LogP contribution in [-0.2, 0) is 6.54 Å². The Morgan fingerprint density at radius 1 is 1.45 bits per heavy atom. The quantitative estimate of drug-likeness (QED) is 0.932. The fourth-order valence-electron chi connectivity index (χ4n) is 3.24. The zero-order valence-electron chi connectivity index (χ0n) is 12.3. The fourth-order valence-corrected chi connectivity index (χ4v) is 3.24. The molecule has 108 valence electrons. The summed E-state index contributed by atoms with van der Waals surface area (Å²) in [4.78, 5) is 6.96. The molecule has 3 rings (SSSR count). The van der Waals surface area contributed by atoms with Gasteiger partial charge in [-0.2, -0.15) is 0 Å². The number of hydrogen-bond donors (Lipinski definition) is 1. The topological polar surface area (TPSA) is 40.8 Å². The zero-order chi connectivity index (χ0) is 14.2. The van der Waals surface area contributed by atoms with E-state index in [0.717, 1.165) is 38.1 Å². The Balaban J connectivity index is 1.81. The summed E-state index contributed by atoms with van der Waals surface area (Å²) >= 11 is 0. The first-order valence-corrected chi connectivity index (χ1v) is 7.36. The highest BCUT2D eigenvalue weighted by molar-refractivity contribution is 5.48. The van der Waals surface area contributed by atoms with E-state index in [1.807, 2.05) is 6.20 Å². The third kappa shape index (κ3) is 2.45. The average Bonchev–Trinajstić information content (AvgIpc) is 2.84. The number of aliphatic hydroxyl groups excluding tert-OH is 1. The van der Waals surface area contributed by atoms with Crippen LogP contribution in [0.1, 0.15) is 31.0 Å². The van der Waals surface area contributed by atoms with Gasteiger partial charge in [-0.3, -0.25) is 4.90 Å². The van der Waals surface area contributed by atoms with E-state index >= 15 is 0 Å². The second kappa shape index (κ2) is 5.19. The van der Waals surface area contributed by atoms with Crippen LogP contribution in [0.25, 0.3) is 5.65 Å². The van der Waals surface area contributed by atoms with E-state index in [-0.39, 0.29) is 12.0 Å². The third-order valence-corrected chi connectivity index (χ3v) is 4.43. The maximum Gasteiger partial charge on any atom is 0.139 e. The van der Waals surface area contributed by atoms with Crippen LogP contribution >= 0.6 is 0 Å². The first-order valence-electron chi connectivity index (χ1n) is 7.36. The molecule has 0 amide bonds. The molecule has 2 aromatic rings. The first-order chi connectivity index (χ1) is 9.61. The van der Waals surface area contributed by atoms with Gasteiger partial charge in [-0.25, -0.2) is 4.98 Å². The summed E-state index contributed by atoms with van der Waals surface area (Å²) in [7, 11) is 0. The van der Waals surface area contributed by atoms with Crippen LogP contribution in [0.3, 0.4) is 0 Å². The summed E-state index contributed by atoms with van der Waals surface area (Å²) in [5, 5.41) is 9.56. The summed E-state index contributed by atoms with van der Waals surface area (Å²) in [6.45, 7) is 7.51. The van der Waals surface area contributed by atoms with Crippen molar-refractivity contribution in [3.8, 4) is 0 Å². The SMILES string of the molecule is Cc1cccn2c(CN3CCCC(C)(CO)C3)cnc12. The highest BCUT2D eigenvalue weighted by atomic mass is 16.3. The molecule has 0 spiro atoms. The molecule has 1 unspecified atom stereocenters. The minimum atomic E-state index is 0.0503. The molecule has 2 aromatic heterocycles. The Morgan fingerprint density at radius 3 is 3.10 bits per heavy atom. The van der Waals surface area contributed by atoms with E-state index in [1.54, 1.807) is 0 Å². The zero-order valence-corrected chi connectivity index (χ0v) is 12.3. The van der Waals surface area contributed by atoms with Crippen molar-refractivity contribution in [1.29, 1.82) is 0 Å². The Bertz CT molecular complexity index is 607. The predicted molar refractivity (Wildman–Crippen MR) is 79.6 cm³/mol. The fraction of sp³-hybridized carbons (Fsp3) is 0.562. The van der Waals surface area contributed by atoms with Gasteiger partial charge in [-0.05, 0) is 37.9 Å². The van der Waals surface area contributed by atoms with Crippen molar-refractivity contribution >= 4 is 5.65 Å². The number of piperidine rings is 1. The molecule has 0 saturated carbocycles. The Labute approximate surface area is 120 Å². The van der Waals surface area contributed by atoms with E-state index in [1.165, 1.54) is 11.3 Å². The number of aromatic nitrogens is 2. The van der Waals surface area contributed by atoms with Crippen molar-refractivity contribution in [1.82, 2.24) is 14.3 Å². The van der Waals surface area contributed by atoms with Crippen LogP contribution in [0.15, 0.2) is 24.5 Å². The van der Waals surface area contributed by atoms with Gasteiger partial charge in [0.25, 0.3) is 0 Å². The minimum Gasteiger partial charge on any atom is -0.396 e. The van der Waals surface area contributed by atoms with Crippen molar-refractivity contribution in [2.45, 2.75) is 33.2 Å². The minimum absolute atomic E-state index is 0.0503. The first kappa shape index (κ1) is 13.6. The van der Waals surface area contributed by atoms with E-state index in [2.05, 4.69) is 46.5 Å². The smallest absolute Gasteiger partial charge is 0.139 e. The largest absolute Gasteiger partial charge is 0.396 e. The molecule has 0 aromatic carbocycles. The predicted octanol–water partition coefficient (Wildman–Crippen LogP) is 2.24. The molecule has 4 heteroatoms. The Hall–Kier alpha value is -1.39. The molecule has 1 atom stereocenters. The number of likely N-dealkylation sites (tertiary alicyclic amines) is 1. The van der Waals surface area contributed by atoms with Crippen LogP contribution in [0.2, 0.25) is 0 Å². The van der Waals surface area contributed by atoms with Crippen LogP contribution in [0.4, 0.5) is 0 Å². The number of imidazole rings is 1. The highest BCUT2D eigenvalue weighted by Gasteiger charge is 2.30. The highest BCUT2D eigenvalue weighted by Crippen LogP contribution is 2.29. The van der Waals surface area contributed by atoms with E-state index in [9.17, 15) is 5.11 Å². The number of rotatable bonds is 3. The lowest BCUT2D eigenvalue weighted by molar-refractivity contribution is 0.0422. The van der Waals surface area contributed by atoms with Gasteiger partial charge in [0, 0.05) is 31.3 Å². The maximum atomic E-state index is 9.56. The molecule has 20 heavy (non-hydrogen) atoms. The van der Waals surface area contributed by atoms with Crippen LogP contribution in [0.5, 0.6) is 0 Å². The third-order valence-electron chi connectivity index (χ3n) is 4.43. The van der Waals surface area contributed by atoms with Gasteiger partial charge in [0.2, 0.25) is 0 Å². The lowest BCUT2D eigenvalue weighted by Gasteiger charge is -2.39. The van der Waals surface area contributed by atoms with Crippen molar-refractivity contribution in [3.05, 3.63) is 35.8 Å². The molecule has 3 heterocycles. The summed E-state index contributed by atoms with van der Waals surface area (Å²) in [5.41, 5.74) is 3.53. The van der Waals surface area contributed by atoms with Gasteiger partial charge in [-0.15, -0.1) is 0 Å². The molecule has 1 aliphatic rings. The van der Waals surface area contributed by atoms with Crippen LogP contribution in [-0.4, -0.2) is 39.1 Å². The van der Waals surface area contributed by atoms with E-state index in [4.69, 9.17) is 0 Å². The van der Waals surface area contributed by atoms with Gasteiger partial charge >= 0.3 is 0 Å². The number of fused-ring (bicyclic) bond motifs is 1. The second-order valence-electron chi connectivity index (χ2n) is 6.42. The summed E-state index contributed by atoms with van der Waals surface area (Å²) in [6, 6.07) is 4.16. The summed E-state index contributed by atoms with van der Waals surface area (Å²) < 4.78 is 2.18. The van der Waals surface area contributed by atoms with Crippen molar-refractivity contribution in [3.63, 3.8) is 0 Å². The van der Waals surface area contributed by atoms with E-state index in [0.29, 0.717) is 0 Å². The summed E-state index contributed by atoms with van der Waals surface area (Å²) in [6.07, 6.45) is 6.34. The molecule has 1 saturated heterocycles. The number of nitrogens with zero attached hydrogens (tertiary/aromatic N) is 3. The second-order valence-corrected chi connectivity index (χ2v) is 6.42. The van der Waals surface area contributed by atoms with Gasteiger partial charge in [0.1, 0.15) is 5.65 Å². The van der Waals surface area contributed by atoms with Crippen molar-refractivity contribution in [2.75, 3.05) is 19.7 Å². The van der Waals surface area contributed by atoms with Crippen molar-refractivity contribution < 1.29 is 5.11 Å². The molecule has 0 bridgehead atoms. The molecule has 4 nitrogen and oxygen atoms in total. The molecule has 0 radical (unpaired) electrons. The van der Waals surface area contributed by atoms with Gasteiger partial charge < -0.3 is 9.51 Å². The van der Waals surface area contributed by atoms with Gasteiger partial charge in [0.15, 0.2) is 0 Å².